The third kappa shape index (κ3) is 4.27. The fourth-order valence-corrected chi connectivity index (χ4v) is 3.59. The first-order valence-electron chi connectivity index (χ1n) is 8.98. The van der Waals surface area contributed by atoms with Gasteiger partial charge in [0.05, 0.1) is 11.4 Å². The molecule has 0 bridgehead atoms. The van der Waals surface area contributed by atoms with E-state index in [4.69, 9.17) is 0 Å². The number of thioether (sulfide) groups is 1. The number of hydrogen-bond acceptors (Lipinski definition) is 5. The highest BCUT2D eigenvalue weighted by molar-refractivity contribution is 7.99. The molecule has 4 aromatic rings. The first kappa shape index (κ1) is 19.1. The number of benzene rings is 2. The molecule has 0 aliphatic carbocycles. The fraction of sp³-hybridized carbons (Fsp3) is 0.143. The summed E-state index contributed by atoms with van der Waals surface area (Å²) in [5, 5.41) is 16.2. The molecular weight excluding hydrogens is 389 g/mol. The van der Waals surface area contributed by atoms with Crippen LogP contribution in [-0.2, 0) is 4.79 Å². The van der Waals surface area contributed by atoms with Crippen molar-refractivity contribution in [1.82, 2.24) is 19.8 Å². The number of nitrogens with one attached hydrogen (secondary N) is 1. The summed E-state index contributed by atoms with van der Waals surface area (Å²) < 4.78 is 14.8. The lowest BCUT2D eigenvalue weighted by Crippen LogP contribution is -2.15. The maximum absolute atomic E-state index is 13.2. The van der Waals surface area contributed by atoms with E-state index in [2.05, 4.69) is 20.6 Å². The molecule has 6 nitrogen and oxygen atoms in total. The molecule has 0 saturated heterocycles. The van der Waals surface area contributed by atoms with E-state index in [-0.39, 0.29) is 17.5 Å². The Morgan fingerprint density at radius 3 is 2.62 bits per heavy atom. The first-order valence-corrected chi connectivity index (χ1v) is 9.96. The van der Waals surface area contributed by atoms with Crippen LogP contribution in [0.2, 0.25) is 0 Å². The van der Waals surface area contributed by atoms with E-state index in [0.29, 0.717) is 16.5 Å². The number of rotatable bonds is 5. The summed E-state index contributed by atoms with van der Waals surface area (Å²) in [5.74, 6) is -0.255. The van der Waals surface area contributed by atoms with Gasteiger partial charge in [-0.3, -0.25) is 4.79 Å². The summed E-state index contributed by atoms with van der Waals surface area (Å²) in [6.07, 6.45) is 0. The topological polar surface area (TPSA) is 72.2 Å². The van der Waals surface area contributed by atoms with Gasteiger partial charge in [0.25, 0.3) is 0 Å². The Bertz CT molecular complexity index is 1190. The monoisotopic (exact) mass is 407 g/mol. The van der Waals surface area contributed by atoms with Crippen molar-refractivity contribution in [3.63, 3.8) is 0 Å². The Hall–Kier alpha value is -3.26. The number of aryl methyl sites for hydroxylation is 2. The second kappa shape index (κ2) is 8.00. The third-order valence-electron chi connectivity index (χ3n) is 4.36. The van der Waals surface area contributed by atoms with Crippen LogP contribution in [0.3, 0.4) is 0 Å². The quantitative estimate of drug-likeness (QED) is 0.500. The molecule has 0 aliphatic heterocycles. The standard InChI is InChI=1S/C21H18FN5OS/c1-13-3-8-17(14(2)11-13)23-20(28)12-29-21-25-24-19-10-9-18(26-27(19)21)15-4-6-16(22)7-5-15/h3-11H,12H2,1-2H3,(H,23,28). The Kier molecular flexibility index (Phi) is 5.26. The maximum Gasteiger partial charge on any atom is 0.234 e. The van der Waals surface area contributed by atoms with E-state index in [9.17, 15) is 9.18 Å². The highest BCUT2D eigenvalue weighted by Gasteiger charge is 2.12. The first-order chi connectivity index (χ1) is 14.0. The van der Waals surface area contributed by atoms with Crippen LogP contribution < -0.4 is 5.32 Å². The lowest BCUT2D eigenvalue weighted by Gasteiger charge is -2.08. The van der Waals surface area contributed by atoms with E-state index in [1.54, 1.807) is 28.8 Å². The highest BCUT2D eigenvalue weighted by atomic mass is 32.2. The summed E-state index contributed by atoms with van der Waals surface area (Å²) >= 11 is 1.25. The van der Waals surface area contributed by atoms with Gasteiger partial charge in [0.1, 0.15) is 5.82 Å². The lowest BCUT2D eigenvalue weighted by atomic mass is 10.1. The summed E-state index contributed by atoms with van der Waals surface area (Å²) in [4.78, 5) is 12.4. The van der Waals surface area contributed by atoms with Crippen LogP contribution in [0.4, 0.5) is 10.1 Å². The Morgan fingerprint density at radius 1 is 1.07 bits per heavy atom. The van der Waals surface area contributed by atoms with Crippen LogP contribution in [0.15, 0.2) is 59.8 Å². The Balaban J connectivity index is 1.49. The van der Waals surface area contributed by atoms with Gasteiger partial charge in [-0.25, -0.2) is 4.39 Å². The molecule has 1 amide bonds. The second-order valence-corrected chi connectivity index (χ2v) is 7.58. The zero-order valence-corrected chi connectivity index (χ0v) is 16.7. The smallest absolute Gasteiger partial charge is 0.234 e. The molecule has 29 heavy (non-hydrogen) atoms. The molecule has 4 rings (SSSR count). The highest BCUT2D eigenvalue weighted by Crippen LogP contribution is 2.22. The van der Waals surface area contributed by atoms with Crippen molar-refractivity contribution in [2.75, 3.05) is 11.1 Å². The van der Waals surface area contributed by atoms with Crippen LogP contribution in [0.1, 0.15) is 11.1 Å². The number of halogens is 1. The normalized spacial score (nSPS) is 11.0. The number of carbonyl (C=O) groups excluding carboxylic acids is 1. The molecule has 2 aromatic heterocycles. The van der Waals surface area contributed by atoms with E-state index >= 15 is 0 Å². The molecule has 0 fully saturated rings. The number of hydrogen-bond donors (Lipinski definition) is 1. The van der Waals surface area contributed by atoms with Crippen molar-refractivity contribution in [1.29, 1.82) is 0 Å². The predicted molar refractivity (Wildman–Crippen MR) is 111 cm³/mol. The molecule has 2 heterocycles. The third-order valence-corrected chi connectivity index (χ3v) is 5.28. The van der Waals surface area contributed by atoms with Gasteiger partial charge in [-0.1, -0.05) is 29.5 Å². The molecular formula is C21H18FN5OS. The van der Waals surface area contributed by atoms with Crippen molar-refractivity contribution < 1.29 is 9.18 Å². The van der Waals surface area contributed by atoms with Gasteiger partial charge >= 0.3 is 0 Å². The zero-order chi connectivity index (χ0) is 20.4. The van der Waals surface area contributed by atoms with Crippen LogP contribution in [0, 0.1) is 19.7 Å². The number of nitrogens with zero attached hydrogens (tertiary/aromatic N) is 4. The van der Waals surface area contributed by atoms with Crippen molar-refractivity contribution in [3.8, 4) is 11.3 Å². The SMILES string of the molecule is Cc1ccc(NC(=O)CSc2nnc3ccc(-c4ccc(F)cc4)nn23)c(C)c1. The van der Waals surface area contributed by atoms with E-state index in [1.165, 1.54) is 23.9 Å². The van der Waals surface area contributed by atoms with Crippen LogP contribution in [-0.4, -0.2) is 31.5 Å². The minimum atomic E-state index is -0.301. The van der Waals surface area contributed by atoms with Crippen molar-refractivity contribution in [3.05, 3.63) is 71.5 Å². The van der Waals surface area contributed by atoms with Crippen molar-refractivity contribution in [2.24, 2.45) is 0 Å². The van der Waals surface area contributed by atoms with Gasteiger partial charge in [-0.15, -0.1) is 10.2 Å². The predicted octanol–water partition coefficient (Wildman–Crippen LogP) is 4.28. The summed E-state index contributed by atoms with van der Waals surface area (Å²) in [5.41, 5.74) is 4.98. The molecule has 0 radical (unpaired) electrons. The van der Waals surface area contributed by atoms with Crippen molar-refractivity contribution in [2.45, 2.75) is 19.0 Å². The molecule has 146 valence electrons. The largest absolute Gasteiger partial charge is 0.325 e. The number of amides is 1. The Morgan fingerprint density at radius 2 is 1.86 bits per heavy atom. The van der Waals surface area contributed by atoms with Crippen molar-refractivity contribution >= 4 is 29.0 Å². The van der Waals surface area contributed by atoms with Gasteiger partial charge in [0.2, 0.25) is 11.1 Å². The number of carbonyl (C=O) groups is 1. The number of anilines is 1. The lowest BCUT2D eigenvalue weighted by molar-refractivity contribution is -0.113. The van der Waals surface area contributed by atoms with E-state index in [1.807, 2.05) is 32.0 Å². The summed E-state index contributed by atoms with van der Waals surface area (Å²) in [6, 6.07) is 15.6. The molecule has 0 atom stereocenters. The molecule has 8 heteroatoms. The summed E-state index contributed by atoms with van der Waals surface area (Å²) in [6.45, 7) is 3.97. The molecule has 0 aliphatic rings. The van der Waals surface area contributed by atoms with E-state index < -0.39 is 0 Å². The van der Waals surface area contributed by atoms with Gasteiger partial charge in [0.15, 0.2) is 5.65 Å². The van der Waals surface area contributed by atoms with Crippen LogP contribution >= 0.6 is 11.8 Å². The minimum absolute atomic E-state index is 0.131. The Labute approximate surface area is 171 Å². The zero-order valence-electron chi connectivity index (χ0n) is 15.9. The minimum Gasteiger partial charge on any atom is -0.325 e. The number of fused-ring (bicyclic) bond motifs is 1. The average molecular weight is 407 g/mol. The van der Waals surface area contributed by atoms with Crippen LogP contribution in [0.5, 0.6) is 0 Å². The van der Waals surface area contributed by atoms with Gasteiger partial charge < -0.3 is 5.32 Å². The molecule has 0 saturated carbocycles. The molecule has 0 spiro atoms. The number of aromatic nitrogens is 4. The van der Waals surface area contributed by atoms with Gasteiger partial charge in [-0.2, -0.15) is 9.61 Å². The maximum atomic E-state index is 13.2. The average Bonchev–Trinajstić information content (AvgIpc) is 3.11. The molecule has 0 unspecified atom stereocenters. The fourth-order valence-electron chi connectivity index (χ4n) is 2.90. The second-order valence-electron chi connectivity index (χ2n) is 6.63. The van der Waals surface area contributed by atoms with Gasteiger partial charge in [0, 0.05) is 11.3 Å². The molecule has 1 N–H and O–H groups in total. The molecule has 2 aromatic carbocycles. The summed E-state index contributed by atoms with van der Waals surface area (Å²) in [7, 11) is 0. The van der Waals surface area contributed by atoms with Gasteiger partial charge in [-0.05, 0) is 61.9 Å². The van der Waals surface area contributed by atoms with E-state index in [0.717, 1.165) is 22.4 Å². The van der Waals surface area contributed by atoms with Crippen LogP contribution in [0.25, 0.3) is 16.9 Å².